The quantitative estimate of drug-likeness (QED) is 0.180. The van der Waals surface area contributed by atoms with Crippen molar-refractivity contribution in [1.29, 1.82) is 0 Å². The van der Waals surface area contributed by atoms with Gasteiger partial charge in [0, 0.05) is 55.4 Å². The van der Waals surface area contributed by atoms with Crippen LogP contribution in [0.25, 0.3) is 105 Å². The molecule has 8 aromatic carbocycles. The molecule has 0 amide bonds. The van der Waals surface area contributed by atoms with Gasteiger partial charge in [-0.05, 0) is 52.9 Å². The van der Waals surface area contributed by atoms with Crippen LogP contribution < -0.4 is 0 Å². The maximum Gasteiger partial charge on any atom is 0.164 e. The molecule has 0 spiro atoms. The zero-order valence-corrected chi connectivity index (χ0v) is 29.0. The number of para-hydroxylation sites is 1. The summed E-state index contributed by atoms with van der Waals surface area (Å²) in [5.74, 6) is 1.85. The summed E-state index contributed by atoms with van der Waals surface area (Å²) in [6.07, 6.45) is 0. The van der Waals surface area contributed by atoms with Gasteiger partial charge < -0.3 is 8.98 Å². The summed E-state index contributed by atoms with van der Waals surface area (Å²) >= 11 is 0. The fourth-order valence-electron chi connectivity index (χ4n) is 7.93. The van der Waals surface area contributed by atoms with Crippen LogP contribution in [0.5, 0.6) is 0 Å². The molecular weight excluding hydrogens is 661 g/mol. The second-order valence-corrected chi connectivity index (χ2v) is 13.6. The average Bonchev–Trinajstić information content (AvgIpc) is 3.79. The summed E-state index contributed by atoms with van der Waals surface area (Å²) in [5, 5.41) is 6.97. The number of benzene rings is 8. The first-order chi connectivity index (χ1) is 26.8. The molecule has 0 saturated carbocycles. The molecule has 3 heterocycles. The average molecular weight is 691 g/mol. The fourth-order valence-corrected chi connectivity index (χ4v) is 7.93. The van der Waals surface area contributed by atoms with Crippen molar-refractivity contribution in [2.24, 2.45) is 0 Å². The van der Waals surface area contributed by atoms with Crippen LogP contribution in [0.2, 0.25) is 0 Å². The lowest BCUT2D eigenvalue weighted by Crippen LogP contribution is -2.00. The molecule has 0 aliphatic carbocycles. The van der Waals surface area contributed by atoms with E-state index < -0.39 is 0 Å². The molecule has 5 heteroatoms. The molecule has 0 saturated heterocycles. The van der Waals surface area contributed by atoms with E-state index in [1.807, 2.05) is 66.7 Å². The summed E-state index contributed by atoms with van der Waals surface area (Å²) in [4.78, 5) is 14.8. The third kappa shape index (κ3) is 4.83. The Kier molecular flexibility index (Phi) is 6.79. The topological polar surface area (TPSA) is 56.7 Å². The van der Waals surface area contributed by atoms with E-state index in [1.54, 1.807) is 0 Å². The van der Waals surface area contributed by atoms with Gasteiger partial charge in [0.1, 0.15) is 11.2 Å². The summed E-state index contributed by atoms with van der Waals surface area (Å²) in [6, 6.07) is 63.4. The van der Waals surface area contributed by atoms with Gasteiger partial charge >= 0.3 is 0 Å². The second-order valence-electron chi connectivity index (χ2n) is 13.6. The van der Waals surface area contributed by atoms with E-state index >= 15 is 0 Å². The van der Waals surface area contributed by atoms with Gasteiger partial charge in [0.25, 0.3) is 0 Å². The van der Waals surface area contributed by atoms with Crippen LogP contribution in [0.15, 0.2) is 186 Å². The highest BCUT2D eigenvalue weighted by atomic mass is 16.3. The third-order valence-electron chi connectivity index (χ3n) is 10.4. The lowest BCUT2D eigenvalue weighted by molar-refractivity contribution is 0.668. The largest absolute Gasteiger partial charge is 0.456 e. The molecular formula is C49H30N4O. The van der Waals surface area contributed by atoms with Gasteiger partial charge in [0.15, 0.2) is 17.5 Å². The van der Waals surface area contributed by atoms with Crippen molar-refractivity contribution in [2.45, 2.75) is 0 Å². The van der Waals surface area contributed by atoms with Crippen molar-refractivity contribution in [1.82, 2.24) is 19.5 Å². The molecule has 0 atom stereocenters. The predicted molar refractivity (Wildman–Crippen MR) is 221 cm³/mol. The van der Waals surface area contributed by atoms with E-state index in [2.05, 4.69) is 120 Å². The van der Waals surface area contributed by atoms with E-state index in [1.165, 1.54) is 38.2 Å². The van der Waals surface area contributed by atoms with E-state index in [-0.39, 0.29) is 0 Å². The zero-order valence-electron chi connectivity index (χ0n) is 29.0. The number of hydrogen-bond acceptors (Lipinski definition) is 4. The monoisotopic (exact) mass is 690 g/mol. The first-order valence-electron chi connectivity index (χ1n) is 18.1. The predicted octanol–water partition coefficient (Wildman–Crippen LogP) is 12.7. The molecule has 0 N–H and O–H groups in total. The normalized spacial score (nSPS) is 11.7. The Morgan fingerprint density at radius 3 is 1.54 bits per heavy atom. The minimum atomic E-state index is 0.595. The van der Waals surface area contributed by atoms with Gasteiger partial charge in [-0.2, -0.15) is 0 Å². The van der Waals surface area contributed by atoms with Crippen LogP contribution in [0, 0.1) is 0 Å². The van der Waals surface area contributed by atoms with Gasteiger partial charge in [-0.25, -0.2) is 15.0 Å². The number of furan rings is 1. The van der Waals surface area contributed by atoms with Gasteiger partial charge in [0.05, 0.1) is 11.0 Å². The standard InChI is InChI=1S/C49H30N4O/c1-4-14-31(15-5-1)41-30-42-37-21-12-13-23-43(37)53(46(42)40-22-11-10-20-36(40)41)35-25-27-39-38-26-24-34(28-44(38)54-45(39)29-35)49-51-47(32-16-6-2-7-17-32)50-48(52-49)33-18-8-3-9-19-33/h1-30H. The lowest BCUT2D eigenvalue weighted by Gasteiger charge is -2.13. The number of aromatic nitrogens is 4. The first kappa shape index (κ1) is 30.3. The second kappa shape index (κ2) is 12.1. The number of nitrogens with zero attached hydrogens (tertiary/aromatic N) is 4. The Bertz CT molecular complexity index is 3140. The summed E-state index contributed by atoms with van der Waals surface area (Å²) < 4.78 is 9.08. The van der Waals surface area contributed by atoms with Crippen LogP contribution in [-0.4, -0.2) is 19.5 Å². The SMILES string of the molecule is c1ccc(-c2nc(-c3ccccc3)nc(-c3ccc4c(c3)oc3cc(-n5c6ccccc6c6cc(-c7ccccc7)c7ccccc7c65)ccc34)n2)cc1. The molecule has 3 aromatic heterocycles. The van der Waals surface area contributed by atoms with Crippen molar-refractivity contribution >= 4 is 54.5 Å². The lowest BCUT2D eigenvalue weighted by atomic mass is 9.95. The molecule has 252 valence electrons. The zero-order chi connectivity index (χ0) is 35.6. The van der Waals surface area contributed by atoms with Gasteiger partial charge in [-0.15, -0.1) is 0 Å². The summed E-state index contributed by atoms with van der Waals surface area (Å²) in [5.41, 5.74) is 10.2. The van der Waals surface area contributed by atoms with Crippen LogP contribution in [-0.2, 0) is 0 Å². The van der Waals surface area contributed by atoms with Crippen molar-refractivity contribution in [3.63, 3.8) is 0 Å². The molecule has 54 heavy (non-hydrogen) atoms. The van der Waals surface area contributed by atoms with Crippen LogP contribution in [0.3, 0.4) is 0 Å². The highest BCUT2D eigenvalue weighted by Gasteiger charge is 2.20. The van der Waals surface area contributed by atoms with Gasteiger partial charge in [-0.3, -0.25) is 0 Å². The maximum absolute atomic E-state index is 6.69. The van der Waals surface area contributed by atoms with Gasteiger partial charge in [-0.1, -0.05) is 140 Å². The van der Waals surface area contributed by atoms with E-state index in [4.69, 9.17) is 19.4 Å². The Balaban J connectivity index is 1.09. The summed E-state index contributed by atoms with van der Waals surface area (Å²) in [6.45, 7) is 0. The smallest absolute Gasteiger partial charge is 0.164 e. The third-order valence-corrected chi connectivity index (χ3v) is 10.4. The fraction of sp³-hybridized carbons (Fsp3) is 0. The maximum atomic E-state index is 6.69. The molecule has 11 rings (SSSR count). The Hall–Kier alpha value is -7.37. The van der Waals surface area contributed by atoms with Crippen LogP contribution in [0.1, 0.15) is 0 Å². The van der Waals surface area contributed by atoms with Crippen molar-refractivity contribution in [3.8, 4) is 51.0 Å². The van der Waals surface area contributed by atoms with Crippen LogP contribution >= 0.6 is 0 Å². The number of fused-ring (bicyclic) bond motifs is 8. The minimum Gasteiger partial charge on any atom is -0.456 e. The van der Waals surface area contributed by atoms with Crippen molar-refractivity contribution < 1.29 is 4.42 Å². The minimum absolute atomic E-state index is 0.595. The van der Waals surface area contributed by atoms with E-state index in [0.717, 1.165) is 49.8 Å². The number of rotatable bonds is 5. The van der Waals surface area contributed by atoms with Crippen LogP contribution in [0.4, 0.5) is 0 Å². The molecule has 0 aliphatic heterocycles. The Morgan fingerprint density at radius 1 is 0.352 bits per heavy atom. The number of hydrogen-bond donors (Lipinski definition) is 0. The molecule has 0 bridgehead atoms. The van der Waals surface area contributed by atoms with Gasteiger partial charge in [0.2, 0.25) is 0 Å². The van der Waals surface area contributed by atoms with Crippen molar-refractivity contribution in [3.05, 3.63) is 182 Å². The molecule has 0 fully saturated rings. The van der Waals surface area contributed by atoms with E-state index in [0.29, 0.717) is 17.5 Å². The highest BCUT2D eigenvalue weighted by molar-refractivity contribution is 6.22. The molecule has 0 aliphatic rings. The molecule has 0 unspecified atom stereocenters. The molecule has 11 aromatic rings. The molecule has 5 nitrogen and oxygen atoms in total. The van der Waals surface area contributed by atoms with Crippen molar-refractivity contribution in [2.75, 3.05) is 0 Å². The molecule has 0 radical (unpaired) electrons. The van der Waals surface area contributed by atoms with E-state index in [9.17, 15) is 0 Å². The first-order valence-corrected chi connectivity index (χ1v) is 18.1. The Morgan fingerprint density at radius 2 is 0.870 bits per heavy atom. The Labute approximate surface area is 310 Å². The summed E-state index contributed by atoms with van der Waals surface area (Å²) in [7, 11) is 0. The highest BCUT2D eigenvalue weighted by Crippen LogP contribution is 2.42.